The average Bonchev–Trinajstić information content (AvgIpc) is 2.53. The number of nitriles is 1. The number of hydrogen-bond acceptors (Lipinski definition) is 3. The summed E-state index contributed by atoms with van der Waals surface area (Å²) in [6.07, 6.45) is 0.801. The zero-order valence-electron chi connectivity index (χ0n) is 13.3. The van der Waals surface area contributed by atoms with Crippen molar-refractivity contribution in [3.8, 4) is 6.07 Å². The van der Waals surface area contributed by atoms with Crippen LogP contribution in [0.5, 0.6) is 0 Å². The number of aromatic amines is 1. The quantitative estimate of drug-likeness (QED) is 0.887. The largest absolute Gasteiger partial charge is 0.352 e. The van der Waals surface area contributed by atoms with E-state index in [0.717, 1.165) is 11.1 Å². The molecular weight excluding hydrogens is 290 g/mol. The van der Waals surface area contributed by atoms with Gasteiger partial charge in [0.1, 0.15) is 11.6 Å². The fourth-order valence-electron chi connectivity index (χ4n) is 2.54. The van der Waals surface area contributed by atoms with E-state index in [1.54, 1.807) is 13.8 Å². The van der Waals surface area contributed by atoms with Crippen LogP contribution in [0.2, 0.25) is 0 Å². The molecule has 5 nitrogen and oxygen atoms in total. The van der Waals surface area contributed by atoms with Crippen LogP contribution in [0.1, 0.15) is 34.4 Å². The van der Waals surface area contributed by atoms with E-state index in [2.05, 4.69) is 10.3 Å². The molecule has 1 amide bonds. The summed E-state index contributed by atoms with van der Waals surface area (Å²) in [5.74, 6) is -0.0580. The van der Waals surface area contributed by atoms with E-state index in [1.165, 1.54) is 0 Å². The van der Waals surface area contributed by atoms with E-state index >= 15 is 0 Å². The number of nitrogens with one attached hydrogen (secondary N) is 2. The molecule has 0 aliphatic carbocycles. The summed E-state index contributed by atoms with van der Waals surface area (Å²) in [5.41, 5.74) is 3.02. The lowest BCUT2D eigenvalue weighted by molar-refractivity contribution is -0.121. The van der Waals surface area contributed by atoms with Gasteiger partial charge in [-0.1, -0.05) is 30.3 Å². The van der Waals surface area contributed by atoms with Crippen molar-refractivity contribution in [1.82, 2.24) is 10.3 Å². The van der Waals surface area contributed by atoms with Crippen LogP contribution in [0, 0.1) is 25.2 Å². The maximum Gasteiger partial charge on any atom is 0.266 e. The lowest BCUT2D eigenvalue weighted by atomic mass is 9.99. The zero-order valence-corrected chi connectivity index (χ0v) is 13.3. The van der Waals surface area contributed by atoms with Crippen LogP contribution < -0.4 is 10.9 Å². The second-order valence-corrected chi connectivity index (χ2v) is 5.43. The molecule has 2 rings (SSSR count). The summed E-state index contributed by atoms with van der Waals surface area (Å²) < 4.78 is 0. The summed E-state index contributed by atoms with van der Waals surface area (Å²) >= 11 is 0. The van der Waals surface area contributed by atoms with E-state index in [0.29, 0.717) is 30.6 Å². The lowest BCUT2D eigenvalue weighted by Gasteiger charge is -2.11. The molecule has 23 heavy (non-hydrogen) atoms. The van der Waals surface area contributed by atoms with Crippen LogP contribution in [-0.4, -0.2) is 10.9 Å². The number of H-pyrrole nitrogens is 1. The first-order valence-corrected chi connectivity index (χ1v) is 7.46. The van der Waals surface area contributed by atoms with Crippen molar-refractivity contribution in [3.05, 3.63) is 68.6 Å². The molecule has 2 N–H and O–H groups in total. The van der Waals surface area contributed by atoms with Crippen molar-refractivity contribution in [3.63, 3.8) is 0 Å². The van der Waals surface area contributed by atoms with Crippen molar-refractivity contribution in [2.45, 2.75) is 33.2 Å². The highest BCUT2D eigenvalue weighted by Crippen LogP contribution is 2.14. The molecule has 0 aliphatic rings. The van der Waals surface area contributed by atoms with Crippen molar-refractivity contribution < 1.29 is 4.79 Å². The number of benzene rings is 1. The van der Waals surface area contributed by atoms with Gasteiger partial charge < -0.3 is 10.3 Å². The molecule has 0 spiro atoms. The molecule has 0 radical (unpaired) electrons. The summed E-state index contributed by atoms with van der Waals surface area (Å²) in [6, 6.07) is 11.6. The first kappa shape index (κ1) is 16.5. The Bertz CT molecular complexity index is 801. The highest BCUT2D eigenvalue weighted by Gasteiger charge is 2.13. The summed E-state index contributed by atoms with van der Waals surface area (Å²) in [5, 5.41) is 11.9. The topological polar surface area (TPSA) is 85.8 Å². The molecule has 0 saturated heterocycles. The molecule has 0 unspecified atom stereocenters. The number of rotatable bonds is 5. The smallest absolute Gasteiger partial charge is 0.266 e. The van der Waals surface area contributed by atoms with Gasteiger partial charge in [-0.3, -0.25) is 9.59 Å². The second-order valence-electron chi connectivity index (χ2n) is 5.43. The third-order valence-electron chi connectivity index (χ3n) is 3.85. The molecule has 0 saturated carbocycles. The van der Waals surface area contributed by atoms with Gasteiger partial charge in [-0.05, 0) is 37.0 Å². The van der Waals surface area contributed by atoms with Crippen LogP contribution >= 0.6 is 0 Å². The van der Waals surface area contributed by atoms with Crippen LogP contribution in [-0.2, 0) is 17.8 Å². The molecule has 0 atom stereocenters. The minimum atomic E-state index is -0.375. The second kappa shape index (κ2) is 7.41. The lowest BCUT2D eigenvalue weighted by Crippen LogP contribution is -2.24. The molecule has 1 heterocycles. The molecule has 0 aliphatic heterocycles. The Morgan fingerprint density at radius 3 is 2.61 bits per heavy atom. The van der Waals surface area contributed by atoms with Crippen molar-refractivity contribution >= 4 is 5.91 Å². The number of carbonyl (C=O) groups excluding carboxylic acids is 1. The zero-order chi connectivity index (χ0) is 16.8. The molecule has 1 aromatic carbocycles. The van der Waals surface area contributed by atoms with Gasteiger partial charge in [-0.15, -0.1) is 0 Å². The van der Waals surface area contributed by atoms with Crippen LogP contribution in [0.3, 0.4) is 0 Å². The SMILES string of the molecule is Cc1[nH]c(=O)c(C#N)c(C)c1CCC(=O)NCc1ccccc1. The van der Waals surface area contributed by atoms with Gasteiger partial charge >= 0.3 is 0 Å². The summed E-state index contributed by atoms with van der Waals surface area (Å²) in [6.45, 7) is 4.03. The number of amides is 1. The van der Waals surface area contributed by atoms with Gasteiger partial charge in [0, 0.05) is 18.7 Å². The fraction of sp³-hybridized carbons (Fsp3) is 0.278. The maximum atomic E-state index is 12.0. The molecule has 2 aromatic rings. The minimum absolute atomic E-state index is 0.0580. The molecule has 118 valence electrons. The molecular formula is C18H19N3O2. The fourth-order valence-corrected chi connectivity index (χ4v) is 2.54. The molecule has 0 bridgehead atoms. The van der Waals surface area contributed by atoms with Gasteiger partial charge in [-0.2, -0.15) is 5.26 Å². The monoisotopic (exact) mass is 309 g/mol. The van der Waals surface area contributed by atoms with Crippen LogP contribution in [0.4, 0.5) is 0 Å². The van der Waals surface area contributed by atoms with Crippen molar-refractivity contribution in [1.29, 1.82) is 5.26 Å². The molecule has 1 aromatic heterocycles. The van der Waals surface area contributed by atoms with Gasteiger partial charge in [0.05, 0.1) is 0 Å². The van der Waals surface area contributed by atoms with E-state index in [1.807, 2.05) is 36.4 Å². The average molecular weight is 309 g/mol. The number of nitrogens with zero attached hydrogens (tertiary/aromatic N) is 1. The predicted octanol–water partition coefficient (Wildman–Crippen LogP) is 2.11. The number of carbonyl (C=O) groups is 1. The Hall–Kier alpha value is -2.87. The molecule has 5 heteroatoms. The molecule has 0 fully saturated rings. The highest BCUT2D eigenvalue weighted by molar-refractivity contribution is 5.76. The number of aromatic nitrogens is 1. The standard InChI is InChI=1S/C18H19N3O2/c1-12-15(13(2)21-18(23)16(12)10-19)8-9-17(22)20-11-14-6-4-3-5-7-14/h3-7H,8-9,11H2,1-2H3,(H,20,22)(H,21,23). The normalized spacial score (nSPS) is 10.1. The van der Waals surface area contributed by atoms with Crippen molar-refractivity contribution in [2.75, 3.05) is 0 Å². The van der Waals surface area contributed by atoms with E-state index < -0.39 is 0 Å². The minimum Gasteiger partial charge on any atom is -0.352 e. The Balaban J connectivity index is 2.00. The van der Waals surface area contributed by atoms with Gasteiger partial charge in [0.25, 0.3) is 5.56 Å². The van der Waals surface area contributed by atoms with Gasteiger partial charge in [0.15, 0.2) is 0 Å². The van der Waals surface area contributed by atoms with E-state index in [9.17, 15) is 9.59 Å². The number of aryl methyl sites for hydroxylation is 1. The Kier molecular flexibility index (Phi) is 5.32. The third-order valence-corrected chi connectivity index (χ3v) is 3.85. The van der Waals surface area contributed by atoms with Crippen molar-refractivity contribution in [2.24, 2.45) is 0 Å². The summed E-state index contributed by atoms with van der Waals surface area (Å²) in [7, 11) is 0. The van der Waals surface area contributed by atoms with Gasteiger partial charge in [0.2, 0.25) is 5.91 Å². The van der Waals surface area contributed by atoms with E-state index in [4.69, 9.17) is 5.26 Å². The van der Waals surface area contributed by atoms with E-state index in [-0.39, 0.29) is 17.0 Å². The summed E-state index contributed by atoms with van der Waals surface area (Å²) in [4.78, 5) is 26.3. The number of hydrogen-bond donors (Lipinski definition) is 2. The predicted molar refractivity (Wildman–Crippen MR) is 87.9 cm³/mol. The Morgan fingerprint density at radius 2 is 1.96 bits per heavy atom. The highest BCUT2D eigenvalue weighted by atomic mass is 16.1. The van der Waals surface area contributed by atoms with Crippen LogP contribution in [0.15, 0.2) is 35.1 Å². The first-order chi connectivity index (χ1) is 11.0. The Labute approximate surface area is 135 Å². The maximum absolute atomic E-state index is 12.0. The number of pyridine rings is 1. The third kappa shape index (κ3) is 4.07. The first-order valence-electron chi connectivity index (χ1n) is 7.46. The van der Waals surface area contributed by atoms with Crippen LogP contribution in [0.25, 0.3) is 0 Å². The van der Waals surface area contributed by atoms with Gasteiger partial charge in [-0.25, -0.2) is 0 Å². The Morgan fingerprint density at radius 1 is 1.26 bits per heavy atom.